The SMILES string of the molecule is CCOc1ccc(O[C@@H](C)C(=O)NNC(=O)COc2ccc(Cl)cc2)cc1. The van der Waals surface area contributed by atoms with Gasteiger partial charge in [-0.05, 0) is 62.4 Å². The zero-order valence-corrected chi connectivity index (χ0v) is 15.8. The number of halogens is 1. The van der Waals surface area contributed by atoms with E-state index in [1.807, 2.05) is 6.92 Å². The maximum Gasteiger partial charge on any atom is 0.279 e. The Bertz CT molecular complexity index is 750. The third kappa shape index (κ3) is 7.07. The van der Waals surface area contributed by atoms with E-state index in [1.165, 1.54) is 0 Å². The molecule has 2 rings (SSSR count). The molecule has 0 saturated heterocycles. The predicted molar refractivity (Wildman–Crippen MR) is 101 cm³/mol. The van der Waals surface area contributed by atoms with Crippen molar-refractivity contribution in [3.05, 3.63) is 53.6 Å². The maximum absolute atomic E-state index is 12.0. The molecule has 0 spiro atoms. The first kappa shape index (κ1) is 20.4. The fraction of sp³-hybridized carbons (Fsp3) is 0.263. The molecular formula is C19H21ClN2O5. The zero-order valence-electron chi connectivity index (χ0n) is 15.0. The van der Waals surface area contributed by atoms with Gasteiger partial charge in [0, 0.05) is 5.02 Å². The molecule has 0 bridgehead atoms. The highest BCUT2D eigenvalue weighted by molar-refractivity contribution is 6.30. The summed E-state index contributed by atoms with van der Waals surface area (Å²) in [4.78, 5) is 23.7. The third-order valence-electron chi connectivity index (χ3n) is 3.33. The summed E-state index contributed by atoms with van der Waals surface area (Å²) >= 11 is 5.77. The van der Waals surface area contributed by atoms with Crippen LogP contribution >= 0.6 is 11.6 Å². The van der Waals surface area contributed by atoms with Crippen molar-refractivity contribution in [2.24, 2.45) is 0 Å². The van der Waals surface area contributed by atoms with Crippen molar-refractivity contribution in [2.75, 3.05) is 13.2 Å². The highest BCUT2D eigenvalue weighted by Crippen LogP contribution is 2.18. The molecule has 0 aromatic heterocycles. The highest BCUT2D eigenvalue weighted by atomic mass is 35.5. The highest BCUT2D eigenvalue weighted by Gasteiger charge is 2.15. The second kappa shape index (κ2) is 10.3. The third-order valence-corrected chi connectivity index (χ3v) is 3.58. The van der Waals surface area contributed by atoms with Crippen molar-refractivity contribution in [3.8, 4) is 17.2 Å². The summed E-state index contributed by atoms with van der Waals surface area (Å²) in [6.45, 7) is 3.78. The summed E-state index contributed by atoms with van der Waals surface area (Å²) < 4.78 is 16.1. The number of carbonyl (C=O) groups excluding carboxylic acids is 2. The molecule has 7 nitrogen and oxygen atoms in total. The van der Waals surface area contributed by atoms with Crippen LogP contribution in [0.3, 0.4) is 0 Å². The molecule has 0 aliphatic heterocycles. The number of hydrogen-bond donors (Lipinski definition) is 2. The number of amides is 2. The van der Waals surface area contributed by atoms with Crippen molar-refractivity contribution >= 4 is 23.4 Å². The molecule has 2 N–H and O–H groups in total. The first-order valence-corrected chi connectivity index (χ1v) is 8.72. The minimum atomic E-state index is -0.805. The second-order valence-electron chi connectivity index (χ2n) is 5.44. The molecule has 2 amide bonds. The van der Waals surface area contributed by atoms with Crippen molar-refractivity contribution in [1.82, 2.24) is 10.9 Å². The molecule has 144 valence electrons. The Balaban J connectivity index is 1.71. The van der Waals surface area contributed by atoms with Crippen LogP contribution in [0.5, 0.6) is 17.2 Å². The minimum Gasteiger partial charge on any atom is -0.494 e. The fourth-order valence-electron chi connectivity index (χ4n) is 1.99. The van der Waals surface area contributed by atoms with Gasteiger partial charge >= 0.3 is 0 Å². The van der Waals surface area contributed by atoms with E-state index in [1.54, 1.807) is 55.5 Å². The minimum absolute atomic E-state index is 0.254. The molecule has 0 unspecified atom stereocenters. The lowest BCUT2D eigenvalue weighted by Gasteiger charge is -2.15. The van der Waals surface area contributed by atoms with Crippen LogP contribution in [-0.2, 0) is 9.59 Å². The summed E-state index contributed by atoms with van der Waals surface area (Å²) in [7, 11) is 0. The van der Waals surface area contributed by atoms with E-state index in [-0.39, 0.29) is 6.61 Å². The van der Waals surface area contributed by atoms with E-state index >= 15 is 0 Å². The smallest absolute Gasteiger partial charge is 0.279 e. The summed E-state index contributed by atoms with van der Waals surface area (Å²) in [5.41, 5.74) is 4.56. The van der Waals surface area contributed by atoms with Crippen LogP contribution < -0.4 is 25.1 Å². The van der Waals surface area contributed by atoms with Crippen molar-refractivity contribution in [2.45, 2.75) is 20.0 Å². The quantitative estimate of drug-likeness (QED) is 0.674. The molecule has 8 heteroatoms. The molecule has 1 atom stereocenters. The number of benzene rings is 2. The van der Waals surface area contributed by atoms with Crippen LogP contribution in [0.25, 0.3) is 0 Å². The number of rotatable bonds is 8. The number of hydrazine groups is 1. The molecule has 2 aromatic rings. The van der Waals surface area contributed by atoms with E-state index in [0.717, 1.165) is 5.75 Å². The van der Waals surface area contributed by atoms with E-state index < -0.39 is 17.9 Å². The van der Waals surface area contributed by atoms with E-state index in [2.05, 4.69) is 10.9 Å². The normalized spacial score (nSPS) is 11.2. The molecule has 0 aliphatic carbocycles. The Morgan fingerprint density at radius 1 is 0.926 bits per heavy atom. The van der Waals surface area contributed by atoms with Gasteiger partial charge in [0.2, 0.25) is 0 Å². The van der Waals surface area contributed by atoms with Gasteiger partial charge in [0.25, 0.3) is 11.8 Å². The standard InChI is InChI=1S/C19H21ClN2O5/c1-3-25-15-8-10-17(11-9-15)27-13(2)19(24)22-21-18(23)12-26-16-6-4-14(20)5-7-16/h4-11,13H,3,12H2,1-2H3,(H,21,23)(H,22,24)/t13-/m0/s1. The number of carbonyl (C=O) groups is 2. The summed E-state index contributed by atoms with van der Waals surface area (Å²) in [5, 5.41) is 0.570. The van der Waals surface area contributed by atoms with E-state index in [4.69, 9.17) is 25.8 Å². The Morgan fingerprint density at radius 3 is 2.11 bits per heavy atom. The topological polar surface area (TPSA) is 85.9 Å². The molecular weight excluding hydrogens is 372 g/mol. The molecule has 0 saturated carbocycles. The lowest BCUT2D eigenvalue weighted by molar-refractivity contribution is -0.133. The van der Waals surface area contributed by atoms with Crippen molar-refractivity contribution < 1.29 is 23.8 Å². The monoisotopic (exact) mass is 392 g/mol. The van der Waals surface area contributed by atoms with Gasteiger partial charge in [0.05, 0.1) is 6.61 Å². The van der Waals surface area contributed by atoms with Crippen LogP contribution in [0.1, 0.15) is 13.8 Å². The Kier molecular flexibility index (Phi) is 7.76. The van der Waals surface area contributed by atoms with Crippen LogP contribution in [0.4, 0.5) is 0 Å². The van der Waals surface area contributed by atoms with Gasteiger partial charge in [-0.1, -0.05) is 11.6 Å². The second-order valence-corrected chi connectivity index (χ2v) is 5.88. The fourth-order valence-corrected chi connectivity index (χ4v) is 2.11. The Hall–Kier alpha value is -2.93. The molecule has 2 aromatic carbocycles. The van der Waals surface area contributed by atoms with Gasteiger partial charge in [-0.3, -0.25) is 20.4 Å². The number of hydrogen-bond acceptors (Lipinski definition) is 5. The predicted octanol–water partition coefficient (Wildman–Crippen LogP) is 2.73. The zero-order chi connectivity index (χ0) is 19.6. The first-order chi connectivity index (χ1) is 13.0. The van der Waals surface area contributed by atoms with Gasteiger partial charge in [-0.15, -0.1) is 0 Å². The molecule has 0 heterocycles. The lowest BCUT2D eigenvalue weighted by Crippen LogP contribution is -2.48. The van der Waals surface area contributed by atoms with Gasteiger partial charge in [0.15, 0.2) is 12.7 Å². The van der Waals surface area contributed by atoms with Crippen molar-refractivity contribution in [3.63, 3.8) is 0 Å². The van der Waals surface area contributed by atoms with Crippen LogP contribution in [0.15, 0.2) is 48.5 Å². The van der Waals surface area contributed by atoms with Crippen molar-refractivity contribution in [1.29, 1.82) is 0 Å². The number of ether oxygens (including phenoxy) is 3. The lowest BCUT2D eigenvalue weighted by atomic mass is 10.3. The summed E-state index contributed by atoms with van der Waals surface area (Å²) in [6, 6.07) is 13.5. The van der Waals surface area contributed by atoms with E-state index in [9.17, 15) is 9.59 Å². The number of nitrogens with one attached hydrogen (secondary N) is 2. The summed E-state index contributed by atoms with van der Waals surface area (Å²) in [5.74, 6) is 0.719. The molecule has 0 fully saturated rings. The maximum atomic E-state index is 12.0. The average Bonchev–Trinajstić information content (AvgIpc) is 2.67. The van der Waals surface area contributed by atoms with Crippen LogP contribution in [0.2, 0.25) is 5.02 Å². The van der Waals surface area contributed by atoms with Gasteiger partial charge in [-0.25, -0.2) is 0 Å². The van der Waals surface area contributed by atoms with Crippen LogP contribution in [-0.4, -0.2) is 31.1 Å². The first-order valence-electron chi connectivity index (χ1n) is 8.34. The van der Waals surface area contributed by atoms with Gasteiger partial charge in [-0.2, -0.15) is 0 Å². The molecule has 0 aliphatic rings. The largest absolute Gasteiger partial charge is 0.494 e. The summed E-state index contributed by atoms with van der Waals surface area (Å²) in [6.07, 6.45) is -0.805. The Labute approximate surface area is 162 Å². The van der Waals surface area contributed by atoms with Gasteiger partial charge < -0.3 is 14.2 Å². The Morgan fingerprint density at radius 2 is 1.48 bits per heavy atom. The average molecular weight is 393 g/mol. The molecule has 27 heavy (non-hydrogen) atoms. The van der Waals surface area contributed by atoms with Gasteiger partial charge in [0.1, 0.15) is 17.2 Å². The molecule has 0 radical (unpaired) electrons. The van der Waals surface area contributed by atoms with E-state index in [0.29, 0.717) is 23.1 Å². The van der Waals surface area contributed by atoms with Crippen LogP contribution in [0, 0.1) is 0 Å².